The zero-order valence-corrected chi connectivity index (χ0v) is 15.3. The lowest BCUT2D eigenvalue weighted by atomic mass is 10.1. The van der Waals surface area contributed by atoms with Crippen LogP contribution in [0.5, 0.6) is 11.5 Å². The fourth-order valence-electron chi connectivity index (χ4n) is 2.38. The first-order valence-corrected chi connectivity index (χ1v) is 8.26. The predicted octanol–water partition coefficient (Wildman–Crippen LogP) is 3.01. The van der Waals surface area contributed by atoms with E-state index >= 15 is 0 Å². The van der Waals surface area contributed by atoms with E-state index in [0.29, 0.717) is 23.1 Å². The lowest BCUT2D eigenvalue weighted by Gasteiger charge is -2.18. The van der Waals surface area contributed by atoms with Gasteiger partial charge in [0.25, 0.3) is 0 Å². The van der Waals surface area contributed by atoms with E-state index in [1.165, 1.54) is 0 Å². The monoisotopic (exact) mass is 377 g/mol. The second-order valence-electron chi connectivity index (χ2n) is 5.71. The van der Waals surface area contributed by atoms with E-state index in [1.54, 1.807) is 61.5 Å². The van der Waals surface area contributed by atoms with Crippen LogP contribution in [0.1, 0.15) is 11.1 Å². The number of methoxy groups -OCH3 is 1. The van der Waals surface area contributed by atoms with Gasteiger partial charge in [0.05, 0.1) is 13.5 Å². The van der Waals surface area contributed by atoms with Crippen LogP contribution in [0.2, 0.25) is 5.02 Å². The van der Waals surface area contributed by atoms with Gasteiger partial charge in [-0.1, -0.05) is 23.7 Å². The Morgan fingerprint density at radius 2 is 1.85 bits per heavy atom. The smallest absolute Gasteiger partial charge is 0.341 e. The van der Waals surface area contributed by atoms with Gasteiger partial charge in [0.1, 0.15) is 11.5 Å². The van der Waals surface area contributed by atoms with Gasteiger partial charge in [0, 0.05) is 24.2 Å². The average molecular weight is 378 g/mol. The highest BCUT2D eigenvalue weighted by Gasteiger charge is 2.14. The fraction of sp³-hybridized carbons (Fsp3) is 0.263. The summed E-state index contributed by atoms with van der Waals surface area (Å²) in [5.74, 6) is -0.0162. The largest absolute Gasteiger partial charge is 0.496 e. The van der Waals surface area contributed by atoms with Gasteiger partial charge in [-0.2, -0.15) is 0 Å². The van der Waals surface area contributed by atoms with Gasteiger partial charge in [-0.05, 0) is 35.9 Å². The summed E-state index contributed by atoms with van der Waals surface area (Å²) in [6, 6.07) is 12.1. The van der Waals surface area contributed by atoms with Crippen LogP contribution < -0.4 is 9.47 Å². The molecule has 1 amide bonds. The number of carbonyl (C=O) groups excluding carboxylic acids is 1. The standard InChI is InChI=1S/C19H20ClNO5/c1-21(11-13-3-6-16(7-4-13)26-12-19(23)24)18(22)10-14-9-15(20)5-8-17(14)25-2/h3-9H,10-12H2,1-2H3,(H,23,24). The number of aliphatic carboxylic acids is 1. The van der Waals surface area contributed by atoms with Crippen molar-refractivity contribution in [1.82, 2.24) is 4.90 Å². The second kappa shape index (κ2) is 9.10. The van der Waals surface area contributed by atoms with Gasteiger partial charge in [0.15, 0.2) is 6.61 Å². The summed E-state index contributed by atoms with van der Waals surface area (Å²) in [7, 11) is 3.27. The fourth-order valence-corrected chi connectivity index (χ4v) is 2.58. The number of nitrogens with zero attached hydrogens (tertiary/aromatic N) is 1. The Labute approximate surface area is 156 Å². The number of amides is 1. The maximum Gasteiger partial charge on any atom is 0.341 e. The van der Waals surface area contributed by atoms with E-state index in [1.807, 2.05) is 0 Å². The maximum absolute atomic E-state index is 12.5. The molecule has 6 nitrogen and oxygen atoms in total. The molecule has 26 heavy (non-hydrogen) atoms. The minimum atomic E-state index is -1.03. The first-order valence-electron chi connectivity index (χ1n) is 7.89. The van der Waals surface area contributed by atoms with Crippen LogP contribution in [0.25, 0.3) is 0 Å². The van der Waals surface area contributed by atoms with Crippen molar-refractivity contribution in [2.45, 2.75) is 13.0 Å². The van der Waals surface area contributed by atoms with Crippen molar-refractivity contribution in [2.24, 2.45) is 0 Å². The minimum Gasteiger partial charge on any atom is -0.496 e. The Morgan fingerprint density at radius 3 is 2.46 bits per heavy atom. The number of hydrogen-bond donors (Lipinski definition) is 1. The Hall–Kier alpha value is -2.73. The highest BCUT2D eigenvalue weighted by molar-refractivity contribution is 6.30. The van der Waals surface area contributed by atoms with Crippen LogP contribution >= 0.6 is 11.6 Å². The first kappa shape index (κ1) is 19.6. The Kier molecular flexibility index (Phi) is 6.86. The van der Waals surface area contributed by atoms with E-state index in [9.17, 15) is 9.59 Å². The van der Waals surface area contributed by atoms with E-state index in [-0.39, 0.29) is 18.9 Å². The lowest BCUT2D eigenvalue weighted by molar-refractivity contribution is -0.139. The predicted molar refractivity (Wildman–Crippen MR) is 97.8 cm³/mol. The van der Waals surface area contributed by atoms with Crippen molar-refractivity contribution in [3.05, 3.63) is 58.6 Å². The third-order valence-corrected chi connectivity index (χ3v) is 3.95. The average Bonchev–Trinajstić information content (AvgIpc) is 2.61. The number of carboxylic acids is 1. The number of benzene rings is 2. The van der Waals surface area contributed by atoms with E-state index < -0.39 is 5.97 Å². The molecule has 0 atom stereocenters. The molecule has 0 saturated carbocycles. The molecular weight excluding hydrogens is 358 g/mol. The molecule has 1 N–H and O–H groups in total. The van der Waals surface area contributed by atoms with E-state index in [4.69, 9.17) is 26.2 Å². The number of carbonyl (C=O) groups is 2. The molecule has 0 aromatic heterocycles. The number of ether oxygens (including phenoxy) is 2. The summed E-state index contributed by atoms with van der Waals surface area (Å²) in [6.45, 7) is 0.0279. The zero-order valence-electron chi connectivity index (χ0n) is 14.6. The summed E-state index contributed by atoms with van der Waals surface area (Å²) in [5, 5.41) is 9.15. The number of rotatable bonds is 8. The molecule has 2 rings (SSSR count). The maximum atomic E-state index is 12.5. The van der Waals surface area contributed by atoms with Gasteiger partial charge >= 0.3 is 5.97 Å². The highest BCUT2D eigenvalue weighted by atomic mass is 35.5. The summed E-state index contributed by atoms with van der Waals surface area (Å²) in [5.41, 5.74) is 1.64. The van der Waals surface area contributed by atoms with Gasteiger partial charge < -0.3 is 19.5 Å². The molecule has 138 valence electrons. The van der Waals surface area contributed by atoms with Crippen molar-refractivity contribution in [3.63, 3.8) is 0 Å². The molecular formula is C19H20ClNO5. The van der Waals surface area contributed by atoms with Gasteiger partial charge in [0.2, 0.25) is 5.91 Å². The normalized spacial score (nSPS) is 10.3. The van der Waals surface area contributed by atoms with Gasteiger partial charge in [-0.15, -0.1) is 0 Å². The van der Waals surface area contributed by atoms with Crippen LogP contribution in [0.3, 0.4) is 0 Å². The zero-order chi connectivity index (χ0) is 19.1. The second-order valence-corrected chi connectivity index (χ2v) is 6.15. The van der Waals surface area contributed by atoms with E-state index in [0.717, 1.165) is 11.1 Å². The Balaban J connectivity index is 1.96. The van der Waals surface area contributed by atoms with Crippen LogP contribution in [0.15, 0.2) is 42.5 Å². The molecule has 0 radical (unpaired) electrons. The van der Waals surface area contributed by atoms with E-state index in [2.05, 4.69) is 0 Å². The SMILES string of the molecule is COc1ccc(Cl)cc1CC(=O)N(C)Cc1ccc(OCC(=O)O)cc1. The number of likely N-dealkylation sites (N-methyl/N-ethyl adjacent to an activating group) is 1. The molecule has 0 unspecified atom stereocenters. The van der Waals surface area contributed by atoms with Crippen LogP contribution in [0.4, 0.5) is 0 Å². The van der Waals surface area contributed by atoms with Gasteiger partial charge in [-0.25, -0.2) is 4.79 Å². The van der Waals surface area contributed by atoms with Crippen LogP contribution in [-0.2, 0) is 22.6 Å². The molecule has 7 heteroatoms. The molecule has 0 aliphatic carbocycles. The van der Waals surface area contributed by atoms with Crippen LogP contribution in [0, 0.1) is 0 Å². The number of hydrogen-bond acceptors (Lipinski definition) is 4. The Bertz CT molecular complexity index is 776. The van der Waals surface area contributed by atoms with Gasteiger partial charge in [-0.3, -0.25) is 4.79 Å². The topological polar surface area (TPSA) is 76.1 Å². The third kappa shape index (κ3) is 5.67. The van der Waals surface area contributed by atoms with Crippen molar-refractivity contribution < 1.29 is 24.2 Å². The molecule has 0 heterocycles. The summed E-state index contributed by atoms with van der Waals surface area (Å²) < 4.78 is 10.4. The number of carboxylic acid groups (broad SMARTS) is 1. The Morgan fingerprint density at radius 1 is 1.15 bits per heavy atom. The third-order valence-electron chi connectivity index (χ3n) is 3.72. The molecule has 2 aromatic carbocycles. The van der Waals surface area contributed by atoms with Crippen molar-refractivity contribution >= 4 is 23.5 Å². The molecule has 0 fully saturated rings. The number of halogens is 1. The molecule has 2 aromatic rings. The summed E-state index contributed by atoms with van der Waals surface area (Å²) in [4.78, 5) is 24.6. The summed E-state index contributed by atoms with van der Waals surface area (Å²) >= 11 is 6.00. The lowest BCUT2D eigenvalue weighted by Crippen LogP contribution is -2.27. The van der Waals surface area contributed by atoms with Crippen molar-refractivity contribution in [2.75, 3.05) is 20.8 Å². The molecule has 0 saturated heterocycles. The highest BCUT2D eigenvalue weighted by Crippen LogP contribution is 2.23. The quantitative estimate of drug-likeness (QED) is 0.765. The van der Waals surface area contributed by atoms with Crippen molar-refractivity contribution in [1.29, 1.82) is 0 Å². The molecule has 0 spiro atoms. The molecule has 0 bridgehead atoms. The summed E-state index contributed by atoms with van der Waals surface area (Å²) in [6.07, 6.45) is 0.181. The first-order chi connectivity index (χ1) is 12.4. The minimum absolute atomic E-state index is 0.0724. The molecule has 0 aliphatic rings. The van der Waals surface area contributed by atoms with Crippen LogP contribution in [-0.4, -0.2) is 42.6 Å². The van der Waals surface area contributed by atoms with Crippen molar-refractivity contribution in [3.8, 4) is 11.5 Å². The molecule has 0 aliphatic heterocycles.